The van der Waals surface area contributed by atoms with E-state index in [0.29, 0.717) is 17.8 Å². The van der Waals surface area contributed by atoms with Gasteiger partial charge in [0, 0.05) is 18.9 Å². The summed E-state index contributed by atoms with van der Waals surface area (Å²) in [6.45, 7) is 2.55. The molecule has 3 aliphatic rings. The van der Waals surface area contributed by atoms with Crippen LogP contribution in [0.5, 0.6) is 0 Å². The molecule has 0 aromatic carbocycles. The van der Waals surface area contributed by atoms with Crippen LogP contribution in [-0.4, -0.2) is 45.8 Å². The third-order valence-electron chi connectivity index (χ3n) is 5.36. The number of aromatic amines is 1. The topological polar surface area (TPSA) is 93.4 Å². The second-order valence-electron chi connectivity index (χ2n) is 7.16. The van der Waals surface area contributed by atoms with E-state index in [2.05, 4.69) is 15.1 Å². The van der Waals surface area contributed by atoms with E-state index in [1.54, 1.807) is 18.7 Å². The largest absolute Gasteiger partial charge is 0.468 e. The number of H-pyrrole nitrogens is 1. The van der Waals surface area contributed by atoms with Crippen LogP contribution in [0.3, 0.4) is 0 Å². The van der Waals surface area contributed by atoms with Crippen molar-refractivity contribution >= 4 is 5.97 Å². The quantitative estimate of drug-likeness (QED) is 0.680. The average Bonchev–Trinajstić information content (AvgIpc) is 3.28. The fraction of sp³-hybridized carbons (Fsp3) is 0.450. The number of nitrogens with one attached hydrogen (secondary N) is 1. The number of hydrogen-bond acceptors (Lipinski definition) is 6. The average molecular weight is 384 g/mol. The molecule has 1 saturated heterocycles. The Bertz CT molecular complexity index is 951. The summed E-state index contributed by atoms with van der Waals surface area (Å²) >= 11 is 0. The molecule has 0 amide bonds. The smallest absolute Gasteiger partial charge is 0.341 e. The second kappa shape index (κ2) is 8.02. The van der Waals surface area contributed by atoms with Crippen LogP contribution >= 0.6 is 0 Å². The van der Waals surface area contributed by atoms with Crippen molar-refractivity contribution in [1.29, 1.82) is 0 Å². The Labute approximate surface area is 162 Å². The second-order valence-corrected chi connectivity index (χ2v) is 7.16. The Kier molecular flexibility index (Phi) is 5.29. The van der Waals surface area contributed by atoms with E-state index in [9.17, 15) is 9.59 Å². The van der Waals surface area contributed by atoms with Gasteiger partial charge < -0.3 is 13.7 Å². The minimum atomic E-state index is -0.518. The molecule has 8 heteroatoms. The zero-order valence-corrected chi connectivity index (χ0v) is 15.9. The maximum Gasteiger partial charge on any atom is 0.341 e. The maximum atomic E-state index is 12.2. The molecule has 0 aliphatic carbocycles. The predicted molar refractivity (Wildman–Crippen MR) is 102 cm³/mol. The lowest BCUT2D eigenvalue weighted by Gasteiger charge is -2.30. The predicted octanol–water partition coefficient (Wildman–Crippen LogP) is 2.67. The number of nitrogens with zero attached hydrogens (tertiary/aromatic N) is 3. The summed E-state index contributed by atoms with van der Waals surface area (Å²) in [5.41, 5.74) is 0.653. The van der Waals surface area contributed by atoms with E-state index in [4.69, 9.17) is 9.15 Å². The van der Waals surface area contributed by atoms with Crippen LogP contribution in [0.1, 0.15) is 47.8 Å². The van der Waals surface area contributed by atoms with Gasteiger partial charge in [-0.05, 0) is 38.1 Å². The number of carbonyl (C=O) groups is 1. The Balaban J connectivity index is 1.73. The van der Waals surface area contributed by atoms with Crippen molar-refractivity contribution in [3.8, 4) is 11.3 Å². The van der Waals surface area contributed by atoms with E-state index in [-0.39, 0.29) is 17.2 Å². The van der Waals surface area contributed by atoms with Crippen molar-refractivity contribution in [1.82, 2.24) is 19.7 Å². The summed E-state index contributed by atoms with van der Waals surface area (Å²) in [6.07, 6.45) is 9.90. The number of methoxy groups -OCH3 is 1. The zero-order valence-electron chi connectivity index (χ0n) is 15.9. The van der Waals surface area contributed by atoms with E-state index in [0.717, 1.165) is 31.7 Å². The number of furan rings is 1. The molecule has 1 atom stereocenters. The molecule has 1 unspecified atom stereocenters. The van der Waals surface area contributed by atoms with Gasteiger partial charge in [0.25, 0.3) is 5.56 Å². The first-order valence-corrected chi connectivity index (χ1v) is 9.61. The highest BCUT2D eigenvalue weighted by molar-refractivity contribution is 5.95. The highest BCUT2D eigenvalue weighted by Crippen LogP contribution is 2.28. The number of pyridine rings is 1. The maximum absolute atomic E-state index is 12.2. The number of likely N-dealkylation sites (tertiary alicyclic amines) is 1. The minimum absolute atomic E-state index is 0.0167. The van der Waals surface area contributed by atoms with Crippen molar-refractivity contribution in [2.45, 2.75) is 38.3 Å². The number of carbonyl (C=O) groups excluding carboxylic acids is 1. The number of hydrogen-bond donors (Lipinski definition) is 1. The van der Waals surface area contributed by atoms with Crippen LogP contribution in [0.15, 0.2) is 40.0 Å². The Morgan fingerprint density at radius 2 is 2.07 bits per heavy atom. The molecule has 28 heavy (non-hydrogen) atoms. The summed E-state index contributed by atoms with van der Waals surface area (Å²) in [7, 11) is 1.32. The molecular formula is C20H24N4O4. The van der Waals surface area contributed by atoms with Crippen molar-refractivity contribution < 1.29 is 13.9 Å². The molecule has 0 radical (unpaired) electrons. The molecule has 4 heterocycles. The van der Waals surface area contributed by atoms with Crippen molar-refractivity contribution in [2.24, 2.45) is 0 Å². The minimum Gasteiger partial charge on any atom is -0.468 e. The van der Waals surface area contributed by atoms with E-state index < -0.39 is 5.97 Å². The van der Waals surface area contributed by atoms with Gasteiger partial charge in [0.2, 0.25) is 0 Å². The molecule has 1 aromatic heterocycles. The third-order valence-corrected chi connectivity index (χ3v) is 5.36. The molecule has 0 bridgehead atoms. The zero-order chi connectivity index (χ0) is 19.5. The summed E-state index contributed by atoms with van der Waals surface area (Å²) in [5.74, 6) is 0.360. The number of esters is 1. The van der Waals surface area contributed by atoms with Crippen LogP contribution in [0.25, 0.3) is 11.3 Å². The molecule has 1 N–H and O–H groups in total. The molecule has 0 saturated carbocycles. The van der Waals surface area contributed by atoms with Crippen molar-refractivity contribution in [3.63, 3.8) is 0 Å². The Morgan fingerprint density at radius 3 is 2.75 bits per heavy atom. The Hall–Kier alpha value is -2.87. The molecular weight excluding hydrogens is 360 g/mol. The molecule has 1 aromatic rings. The highest BCUT2D eigenvalue weighted by Gasteiger charge is 2.27. The molecule has 4 rings (SSSR count). The van der Waals surface area contributed by atoms with Gasteiger partial charge in [-0.25, -0.2) is 9.89 Å². The van der Waals surface area contributed by atoms with E-state index in [1.165, 1.54) is 20.0 Å². The molecule has 148 valence electrons. The van der Waals surface area contributed by atoms with Gasteiger partial charge in [-0.1, -0.05) is 12.8 Å². The van der Waals surface area contributed by atoms with Gasteiger partial charge in [0.1, 0.15) is 17.0 Å². The monoisotopic (exact) mass is 384 g/mol. The SMILES string of the molecule is COC(=O)c1cn(CC(c2ccco2)N2CCCCCC2)cc2c(=O)[nH]nc1-2. The van der Waals surface area contributed by atoms with Crippen LogP contribution in [0.2, 0.25) is 0 Å². The summed E-state index contributed by atoms with van der Waals surface area (Å²) < 4.78 is 12.5. The lowest BCUT2D eigenvalue weighted by molar-refractivity contribution is 0.0600. The standard InChI is InChI=1S/C20H24N4O4/c1-27-20(26)15-12-23(11-14-18(15)21-22-19(14)25)13-16(17-7-6-10-28-17)24-8-4-2-3-5-9-24/h6-7,10-12,16H,2-5,8-9,13H2,1H3,(H,22,25). The fourth-order valence-electron chi connectivity index (χ4n) is 3.93. The first-order valence-electron chi connectivity index (χ1n) is 9.61. The van der Waals surface area contributed by atoms with Crippen LogP contribution < -0.4 is 5.56 Å². The van der Waals surface area contributed by atoms with Crippen LogP contribution in [0.4, 0.5) is 0 Å². The van der Waals surface area contributed by atoms with Gasteiger partial charge in [-0.2, -0.15) is 5.10 Å². The number of fused-ring (bicyclic) bond motifs is 1. The summed E-state index contributed by atoms with van der Waals surface area (Å²) in [6, 6.07) is 3.88. The van der Waals surface area contributed by atoms with Gasteiger partial charge in [-0.3, -0.25) is 9.69 Å². The first-order chi connectivity index (χ1) is 13.7. The van der Waals surface area contributed by atoms with E-state index >= 15 is 0 Å². The number of ether oxygens (including phenoxy) is 1. The van der Waals surface area contributed by atoms with Crippen molar-refractivity contribution in [3.05, 3.63) is 52.5 Å². The van der Waals surface area contributed by atoms with Crippen LogP contribution in [-0.2, 0) is 11.3 Å². The lowest BCUT2D eigenvalue weighted by Crippen LogP contribution is -2.32. The molecule has 1 fully saturated rings. The van der Waals surface area contributed by atoms with Gasteiger partial charge in [0.05, 0.1) is 25.0 Å². The lowest BCUT2D eigenvalue weighted by atomic mass is 10.1. The van der Waals surface area contributed by atoms with Gasteiger partial charge in [0.15, 0.2) is 0 Å². The highest BCUT2D eigenvalue weighted by atomic mass is 16.5. The summed E-state index contributed by atoms with van der Waals surface area (Å²) in [4.78, 5) is 26.8. The number of rotatable bonds is 5. The van der Waals surface area contributed by atoms with E-state index in [1.807, 2.05) is 16.7 Å². The normalized spacial score (nSPS) is 16.8. The molecule has 8 nitrogen and oxygen atoms in total. The fourth-order valence-corrected chi connectivity index (χ4v) is 3.93. The molecule has 0 spiro atoms. The number of aromatic nitrogens is 3. The summed E-state index contributed by atoms with van der Waals surface area (Å²) in [5, 5.41) is 6.40. The third kappa shape index (κ3) is 3.60. The Morgan fingerprint density at radius 1 is 1.29 bits per heavy atom. The van der Waals surface area contributed by atoms with Gasteiger partial charge in [-0.15, -0.1) is 0 Å². The molecule has 3 aliphatic heterocycles. The van der Waals surface area contributed by atoms with Crippen molar-refractivity contribution in [2.75, 3.05) is 20.2 Å². The van der Waals surface area contributed by atoms with Crippen LogP contribution in [0, 0.1) is 0 Å². The first kappa shape index (κ1) is 18.5. The van der Waals surface area contributed by atoms with Gasteiger partial charge >= 0.3 is 5.97 Å².